The van der Waals surface area contributed by atoms with Gasteiger partial charge in [0.15, 0.2) is 0 Å². The minimum atomic E-state index is -0.103. The number of amides is 1. The first-order valence-corrected chi connectivity index (χ1v) is 8.14. The highest BCUT2D eigenvalue weighted by molar-refractivity contribution is 5.91. The molecule has 5 heteroatoms. The quantitative estimate of drug-likeness (QED) is 0.785. The van der Waals surface area contributed by atoms with Crippen LogP contribution in [0.4, 0.5) is 5.82 Å². The maximum absolute atomic E-state index is 12.2. The molecule has 1 amide bonds. The molecule has 120 valence electrons. The minimum absolute atomic E-state index is 0.103. The van der Waals surface area contributed by atoms with Crippen molar-refractivity contribution >= 4 is 11.7 Å². The van der Waals surface area contributed by atoms with E-state index < -0.39 is 0 Å². The number of rotatable bonds is 5. The lowest BCUT2D eigenvalue weighted by molar-refractivity contribution is -0.115. The summed E-state index contributed by atoms with van der Waals surface area (Å²) in [5.74, 6) is 1.16. The Morgan fingerprint density at radius 1 is 1.17 bits per heavy atom. The van der Waals surface area contributed by atoms with Crippen molar-refractivity contribution in [1.82, 2.24) is 14.8 Å². The van der Waals surface area contributed by atoms with Crippen molar-refractivity contribution in [2.45, 2.75) is 25.2 Å². The Morgan fingerprint density at radius 2 is 2.00 bits per heavy atom. The van der Waals surface area contributed by atoms with Crippen molar-refractivity contribution in [1.29, 1.82) is 0 Å². The van der Waals surface area contributed by atoms with Gasteiger partial charge in [0.05, 0.1) is 17.8 Å². The van der Waals surface area contributed by atoms with Crippen LogP contribution in [0.2, 0.25) is 0 Å². The van der Waals surface area contributed by atoms with E-state index in [2.05, 4.69) is 15.4 Å². The molecule has 4 rings (SSSR count). The fourth-order valence-electron chi connectivity index (χ4n) is 2.72. The maximum Gasteiger partial charge on any atom is 0.231 e. The van der Waals surface area contributed by atoms with Crippen LogP contribution in [0.15, 0.2) is 60.9 Å². The Bertz CT molecular complexity index is 853. The smallest absolute Gasteiger partial charge is 0.231 e. The lowest BCUT2D eigenvalue weighted by atomic mass is 10.2. The predicted octanol–water partition coefficient (Wildman–Crippen LogP) is 3.33. The van der Waals surface area contributed by atoms with Gasteiger partial charge in [-0.1, -0.05) is 18.2 Å². The van der Waals surface area contributed by atoms with E-state index in [-0.39, 0.29) is 12.3 Å². The van der Waals surface area contributed by atoms with Gasteiger partial charge in [-0.3, -0.25) is 4.79 Å². The van der Waals surface area contributed by atoms with Gasteiger partial charge in [-0.25, -0.2) is 9.67 Å². The van der Waals surface area contributed by atoms with Gasteiger partial charge in [-0.2, -0.15) is 5.10 Å². The number of hydrogen-bond acceptors (Lipinski definition) is 3. The van der Waals surface area contributed by atoms with Crippen LogP contribution in [0, 0.1) is 0 Å². The molecule has 2 heterocycles. The third-order valence-corrected chi connectivity index (χ3v) is 4.11. The first-order chi connectivity index (χ1) is 11.8. The number of benzene rings is 1. The average Bonchev–Trinajstić information content (AvgIpc) is 3.36. The van der Waals surface area contributed by atoms with Crippen LogP contribution in [0.1, 0.15) is 30.0 Å². The molecule has 0 spiro atoms. The number of nitrogens with zero attached hydrogens (tertiary/aromatic N) is 3. The van der Waals surface area contributed by atoms with E-state index in [1.807, 2.05) is 54.7 Å². The molecular formula is C19H18N4O. The summed E-state index contributed by atoms with van der Waals surface area (Å²) in [5.41, 5.74) is 2.96. The number of carbonyl (C=O) groups excluding carboxylic acids is 1. The van der Waals surface area contributed by atoms with E-state index in [4.69, 9.17) is 0 Å². The van der Waals surface area contributed by atoms with E-state index in [9.17, 15) is 4.79 Å². The zero-order valence-corrected chi connectivity index (χ0v) is 13.2. The number of carbonyl (C=O) groups is 1. The maximum atomic E-state index is 12.2. The van der Waals surface area contributed by atoms with E-state index in [1.54, 1.807) is 10.9 Å². The predicted molar refractivity (Wildman–Crippen MR) is 92.1 cm³/mol. The van der Waals surface area contributed by atoms with Crippen molar-refractivity contribution in [2.24, 2.45) is 0 Å². The summed E-state index contributed by atoms with van der Waals surface area (Å²) in [4.78, 5) is 16.5. The van der Waals surface area contributed by atoms with Crippen LogP contribution < -0.4 is 5.32 Å². The molecule has 3 aromatic rings. The molecule has 1 aliphatic rings. The molecule has 1 N–H and O–H groups in total. The molecule has 0 atom stereocenters. The van der Waals surface area contributed by atoms with Gasteiger partial charge < -0.3 is 5.32 Å². The van der Waals surface area contributed by atoms with Gasteiger partial charge in [0.2, 0.25) is 5.91 Å². The number of anilines is 1. The Kier molecular flexibility index (Phi) is 3.83. The van der Waals surface area contributed by atoms with E-state index in [1.165, 1.54) is 18.4 Å². The summed E-state index contributed by atoms with van der Waals surface area (Å²) in [7, 11) is 0. The third-order valence-electron chi connectivity index (χ3n) is 4.11. The third kappa shape index (κ3) is 3.35. The molecule has 1 aliphatic carbocycles. The van der Waals surface area contributed by atoms with Gasteiger partial charge in [-0.15, -0.1) is 0 Å². The average molecular weight is 318 g/mol. The molecule has 0 radical (unpaired) electrons. The summed E-state index contributed by atoms with van der Waals surface area (Å²) in [6.07, 6.45) is 6.31. The Balaban J connectivity index is 1.41. The number of aromatic nitrogens is 3. The second-order valence-corrected chi connectivity index (χ2v) is 6.06. The normalized spacial score (nSPS) is 13.7. The molecule has 5 nitrogen and oxygen atoms in total. The molecule has 2 aromatic heterocycles. The fourth-order valence-corrected chi connectivity index (χ4v) is 2.72. The molecule has 1 fully saturated rings. The van der Waals surface area contributed by atoms with Crippen LogP contribution >= 0.6 is 0 Å². The fraction of sp³-hybridized carbons (Fsp3) is 0.211. The lowest BCUT2D eigenvalue weighted by Gasteiger charge is -2.05. The van der Waals surface area contributed by atoms with Crippen molar-refractivity contribution in [3.63, 3.8) is 0 Å². The van der Waals surface area contributed by atoms with Crippen molar-refractivity contribution in [2.75, 3.05) is 5.32 Å². The minimum Gasteiger partial charge on any atom is -0.310 e. The van der Waals surface area contributed by atoms with E-state index in [0.717, 1.165) is 11.4 Å². The molecule has 0 bridgehead atoms. The molecule has 0 saturated heterocycles. The van der Waals surface area contributed by atoms with Gasteiger partial charge >= 0.3 is 0 Å². The molecular weight excluding hydrogens is 300 g/mol. The summed E-state index contributed by atoms with van der Waals surface area (Å²) < 4.78 is 1.77. The first kappa shape index (κ1) is 14.6. The molecule has 24 heavy (non-hydrogen) atoms. The van der Waals surface area contributed by atoms with Gasteiger partial charge in [0, 0.05) is 12.4 Å². The van der Waals surface area contributed by atoms with Gasteiger partial charge in [0.25, 0.3) is 0 Å². The molecule has 1 aromatic carbocycles. The van der Waals surface area contributed by atoms with Crippen LogP contribution in [0.25, 0.3) is 5.69 Å². The van der Waals surface area contributed by atoms with Crippen molar-refractivity contribution in [3.05, 3.63) is 72.2 Å². The summed E-state index contributed by atoms with van der Waals surface area (Å²) in [6, 6.07) is 15.7. The Labute approximate surface area is 140 Å². The molecule has 1 saturated carbocycles. The number of para-hydroxylation sites is 1. The van der Waals surface area contributed by atoms with Crippen molar-refractivity contribution in [3.8, 4) is 5.69 Å². The van der Waals surface area contributed by atoms with Crippen LogP contribution in [-0.2, 0) is 11.2 Å². The highest BCUT2D eigenvalue weighted by Gasteiger charge is 2.23. The van der Waals surface area contributed by atoms with E-state index in [0.29, 0.717) is 11.7 Å². The standard InChI is InChI=1S/C19H18N4O/c24-19(21-18-12-15(8-10-20-18)14-6-7-14)13-16-9-11-23(22-16)17-4-2-1-3-5-17/h1-5,8-12,14H,6-7,13H2,(H,20,21,24). The van der Waals surface area contributed by atoms with E-state index >= 15 is 0 Å². The topological polar surface area (TPSA) is 59.8 Å². The largest absolute Gasteiger partial charge is 0.310 e. The zero-order chi connectivity index (χ0) is 16.4. The summed E-state index contributed by atoms with van der Waals surface area (Å²) in [5, 5.41) is 7.32. The number of nitrogens with one attached hydrogen (secondary N) is 1. The monoisotopic (exact) mass is 318 g/mol. The lowest BCUT2D eigenvalue weighted by Crippen LogP contribution is -2.16. The highest BCUT2D eigenvalue weighted by Crippen LogP contribution is 2.40. The van der Waals surface area contributed by atoms with Crippen LogP contribution in [0.5, 0.6) is 0 Å². The Hall–Kier alpha value is -2.95. The summed E-state index contributed by atoms with van der Waals surface area (Å²) >= 11 is 0. The van der Waals surface area contributed by atoms with Gasteiger partial charge in [0.1, 0.15) is 5.82 Å². The molecule has 0 unspecified atom stereocenters. The SMILES string of the molecule is O=C(Cc1ccn(-c2ccccc2)n1)Nc1cc(C2CC2)ccn1. The van der Waals surface area contributed by atoms with Gasteiger partial charge in [-0.05, 0) is 54.7 Å². The second kappa shape index (κ2) is 6.28. The second-order valence-electron chi connectivity index (χ2n) is 6.06. The van der Waals surface area contributed by atoms with Crippen LogP contribution in [-0.4, -0.2) is 20.7 Å². The highest BCUT2D eigenvalue weighted by atomic mass is 16.1. The Morgan fingerprint density at radius 3 is 2.79 bits per heavy atom. The number of pyridine rings is 1. The van der Waals surface area contributed by atoms with Crippen LogP contribution in [0.3, 0.4) is 0 Å². The number of hydrogen-bond donors (Lipinski definition) is 1. The zero-order valence-electron chi connectivity index (χ0n) is 13.2. The molecule has 0 aliphatic heterocycles. The van der Waals surface area contributed by atoms with Crippen molar-refractivity contribution < 1.29 is 4.79 Å². The first-order valence-electron chi connectivity index (χ1n) is 8.14. The summed E-state index contributed by atoms with van der Waals surface area (Å²) in [6.45, 7) is 0.